The van der Waals surface area contributed by atoms with Gasteiger partial charge in [-0.3, -0.25) is 14.2 Å². The first-order valence-electron chi connectivity index (χ1n) is 11.4. The fourth-order valence-electron chi connectivity index (χ4n) is 5.66. The number of benzene rings is 1. The van der Waals surface area contributed by atoms with Crippen molar-refractivity contribution in [3.8, 4) is 11.3 Å². The molecule has 0 unspecified atom stereocenters. The van der Waals surface area contributed by atoms with Gasteiger partial charge in [-0.15, -0.1) is 0 Å². The average Bonchev–Trinajstić information content (AvgIpc) is 3.47. The van der Waals surface area contributed by atoms with Gasteiger partial charge >= 0.3 is 0 Å². The molecule has 2 atom stereocenters. The van der Waals surface area contributed by atoms with Crippen molar-refractivity contribution in [2.75, 3.05) is 0 Å². The fraction of sp³-hybridized carbons (Fsp3) is 0.458. The lowest BCUT2D eigenvalue weighted by atomic mass is 9.81. The van der Waals surface area contributed by atoms with E-state index in [9.17, 15) is 18.0 Å². The predicted octanol–water partition coefficient (Wildman–Crippen LogP) is 4.64. The van der Waals surface area contributed by atoms with E-state index in [0.717, 1.165) is 61.2 Å². The number of halogens is 3. The molecule has 1 aromatic carbocycles. The Labute approximate surface area is 189 Å². The summed E-state index contributed by atoms with van der Waals surface area (Å²) in [5.74, 6) is -3.97. The topological polar surface area (TPSA) is 56.0 Å². The van der Waals surface area contributed by atoms with Gasteiger partial charge in [0.2, 0.25) is 0 Å². The monoisotopic (exact) mass is 455 g/mol. The molecule has 0 spiro atoms. The molecule has 4 heterocycles. The minimum absolute atomic E-state index is 0.0363. The molecule has 33 heavy (non-hydrogen) atoms. The maximum Gasteiger partial charge on any atom is 0.258 e. The van der Waals surface area contributed by atoms with Gasteiger partial charge in [-0.2, -0.15) is 10.2 Å². The van der Waals surface area contributed by atoms with E-state index in [1.807, 2.05) is 16.5 Å². The minimum atomic E-state index is -1.48. The third kappa shape index (κ3) is 3.04. The Kier molecular flexibility index (Phi) is 4.47. The second-order valence-electron chi connectivity index (χ2n) is 9.43. The number of carbonyl (C=O) groups excluding carboxylic acids is 1. The summed E-state index contributed by atoms with van der Waals surface area (Å²) in [5, 5.41) is 9.15. The summed E-state index contributed by atoms with van der Waals surface area (Å²) in [4.78, 5) is 15.6. The van der Waals surface area contributed by atoms with Crippen molar-refractivity contribution in [3.05, 3.63) is 58.3 Å². The molecule has 6 nitrogen and oxygen atoms in total. The lowest BCUT2D eigenvalue weighted by Crippen LogP contribution is -2.50. The van der Waals surface area contributed by atoms with Gasteiger partial charge in [0, 0.05) is 29.9 Å². The first kappa shape index (κ1) is 20.5. The lowest BCUT2D eigenvalue weighted by molar-refractivity contribution is 0.0391. The Morgan fingerprint density at radius 3 is 2.48 bits per heavy atom. The number of fused-ring (bicyclic) bond motifs is 4. The molecule has 1 saturated heterocycles. The second kappa shape index (κ2) is 7.20. The van der Waals surface area contributed by atoms with Gasteiger partial charge < -0.3 is 4.90 Å². The molecule has 3 aromatic rings. The van der Waals surface area contributed by atoms with Gasteiger partial charge in [-0.25, -0.2) is 13.2 Å². The fourth-order valence-corrected chi connectivity index (χ4v) is 5.66. The van der Waals surface area contributed by atoms with Crippen molar-refractivity contribution in [2.45, 2.75) is 63.6 Å². The van der Waals surface area contributed by atoms with E-state index >= 15 is 0 Å². The van der Waals surface area contributed by atoms with Crippen molar-refractivity contribution in [1.29, 1.82) is 0 Å². The van der Waals surface area contributed by atoms with E-state index in [-0.39, 0.29) is 23.6 Å². The van der Waals surface area contributed by atoms with Crippen LogP contribution in [0.1, 0.15) is 71.5 Å². The second-order valence-corrected chi connectivity index (χ2v) is 9.43. The molecule has 2 aromatic heterocycles. The van der Waals surface area contributed by atoms with Crippen LogP contribution in [0.3, 0.4) is 0 Å². The van der Waals surface area contributed by atoms with Crippen LogP contribution in [0.2, 0.25) is 0 Å². The van der Waals surface area contributed by atoms with Crippen molar-refractivity contribution in [2.24, 2.45) is 7.05 Å². The number of nitrogens with zero attached hydrogens (tertiary/aromatic N) is 5. The number of aryl methyl sites for hydroxylation is 1. The number of aromatic nitrogens is 4. The van der Waals surface area contributed by atoms with Crippen LogP contribution in [0.25, 0.3) is 11.3 Å². The summed E-state index contributed by atoms with van der Waals surface area (Å²) in [6.07, 6.45) is 6.99. The van der Waals surface area contributed by atoms with Gasteiger partial charge in [0.05, 0.1) is 35.2 Å². The molecular formula is C24H24F3N5O. The van der Waals surface area contributed by atoms with Crippen LogP contribution in [0.4, 0.5) is 13.2 Å². The zero-order valence-electron chi connectivity index (χ0n) is 18.5. The van der Waals surface area contributed by atoms with Crippen molar-refractivity contribution < 1.29 is 18.0 Å². The van der Waals surface area contributed by atoms with Gasteiger partial charge in [0.25, 0.3) is 5.91 Å². The Balaban J connectivity index is 1.41. The third-order valence-corrected chi connectivity index (χ3v) is 7.34. The molecule has 1 saturated carbocycles. The molecule has 9 heteroatoms. The van der Waals surface area contributed by atoms with Crippen LogP contribution in [0.15, 0.2) is 18.3 Å². The lowest BCUT2D eigenvalue weighted by Gasteiger charge is -2.45. The summed E-state index contributed by atoms with van der Waals surface area (Å²) < 4.78 is 45.0. The number of hydrogen-bond donors (Lipinski definition) is 0. The SMILES string of the molecule is Cc1c(C(=O)N2[C@H]3CCC[C@@H]2c2nn(C)c(-c4cc(F)c(F)c(F)c4)c2C3)cnn1C1CC1. The smallest absolute Gasteiger partial charge is 0.258 e. The number of rotatable bonds is 3. The number of carbonyl (C=O) groups is 1. The molecule has 2 bridgehead atoms. The Hall–Kier alpha value is -3.10. The van der Waals surface area contributed by atoms with E-state index < -0.39 is 17.5 Å². The number of amides is 1. The van der Waals surface area contributed by atoms with Crippen LogP contribution >= 0.6 is 0 Å². The average molecular weight is 455 g/mol. The maximum atomic E-state index is 14.0. The summed E-state index contributed by atoms with van der Waals surface area (Å²) in [6.45, 7) is 1.94. The molecule has 2 fully saturated rings. The molecule has 1 aliphatic carbocycles. The quantitative estimate of drug-likeness (QED) is 0.541. The van der Waals surface area contributed by atoms with Crippen LogP contribution in [-0.4, -0.2) is 36.4 Å². The third-order valence-electron chi connectivity index (χ3n) is 7.34. The highest BCUT2D eigenvalue weighted by Gasteiger charge is 2.44. The zero-order valence-corrected chi connectivity index (χ0v) is 18.5. The first-order valence-corrected chi connectivity index (χ1v) is 11.4. The Morgan fingerprint density at radius 2 is 1.79 bits per heavy atom. The molecule has 6 rings (SSSR count). The normalized spacial score (nSPS) is 21.9. The van der Waals surface area contributed by atoms with Gasteiger partial charge in [-0.1, -0.05) is 0 Å². The van der Waals surface area contributed by atoms with Gasteiger partial charge in [0.1, 0.15) is 0 Å². The molecule has 172 valence electrons. The van der Waals surface area contributed by atoms with Gasteiger partial charge in [0.15, 0.2) is 17.5 Å². The van der Waals surface area contributed by atoms with Crippen molar-refractivity contribution in [1.82, 2.24) is 24.5 Å². The molecule has 3 aliphatic rings. The van der Waals surface area contributed by atoms with Gasteiger partial charge in [-0.05, 0) is 57.6 Å². The predicted molar refractivity (Wildman–Crippen MR) is 114 cm³/mol. The minimum Gasteiger partial charge on any atom is -0.327 e. The van der Waals surface area contributed by atoms with Crippen LogP contribution in [0.5, 0.6) is 0 Å². The standard InChI is InChI=1S/C24H24F3N5O/c1-12-17(11-28-32(12)14-6-7-14)24(33)31-15-4-3-5-20(31)22-16(10-15)23(30(2)29-22)13-8-18(25)21(27)19(26)9-13/h8-9,11,14-15,20H,3-7,10H2,1-2H3/t15-,20+/m0/s1. The van der Waals surface area contributed by atoms with E-state index in [1.165, 1.54) is 0 Å². The highest BCUT2D eigenvalue weighted by atomic mass is 19.2. The summed E-state index contributed by atoms with van der Waals surface area (Å²) in [7, 11) is 1.72. The van der Waals surface area contributed by atoms with E-state index in [2.05, 4.69) is 10.2 Å². The molecule has 2 aliphatic heterocycles. The number of piperidine rings is 1. The summed E-state index contributed by atoms with van der Waals surface area (Å²) in [6, 6.07) is 2.18. The molecular weight excluding hydrogens is 431 g/mol. The Bertz CT molecular complexity index is 1270. The number of hydrogen-bond acceptors (Lipinski definition) is 3. The highest BCUT2D eigenvalue weighted by molar-refractivity contribution is 5.96. The van der Waals surface area contributed by atoms with Crippen LogP contribution < -0.4 is 0 Å². The molecule has 0 N–H and O–H groups in total. The zero-order chi connectivity index (χ0) is 23.0. The molecule has 1 amide bonds. The van der Waals surface area contributed by atoms with Crippen LogP contribution in [0, 0.1) is 24.4 Å². The highest BCUT2D eigenvalue weighted by Crippen LogP contribution is 2.45. The summed E-state index contributed by atoms with van der Waals surface area (Å²) in [5.41, 5.74) is 3.99. The van der Waals surface area contributed by atoms with Crippen LogP contribution in [-0.2, 0) is 13.5 Å². The van der Waals surface area contributed by atoms with E-state index in [0.29, 0.717) is 23.7 Å². The van der Waals surface area contributed by atoms with E-state index in [4.69, 9.17) is 0 Å². The molecule has 0 radical (unpaired) electrons. The first-order chi connectivity index (χ1) is 15.8. The van der Waals surface area contributed by atoms with Crippen molar-refractivity contribution in [3.63, 3.8) is 0 Å². The summed E-state index contributed by atoms with van der Waals surface area (Å²) >= 11 is 0. The van der Waals surface area contributed by atoms with Crippen molar-refractivity contribution >= 4 is 5.91 Å². The largest absolute Gasteiger partial charge is 0.327 e. The van der Waals surface area contributed by atoms with E-state index in [1.54, 1.807) is 17.9 Å². The maximum absolute atomic E-state index is 14.0. The Morgan fingerprint density at radius 1 is 1.06 bits per heavy atom.